The largest absolute Gasteiger partial charge is 0.464 e. The zero-order valence-corrected chi connectivity index (χ0v) is 8.22. The summed E-state index contributed by atoms with van der Waals surface area (Å²) >= 11 is 0. The lowest BCUT2D eigenvalue weighted by Gasteiger charge is -1.97. The van der Waals surface area contributed by atoms with Gasteiger partial charge in [0.1, 0.15) is 11.5 Å². The number of aromatic nitrogens is 2. The molecule has 1 aromatic rings. The Labute approximate surface area is 82.1 Å². The molecule has 6 heteroatoms. The molecule has 0 saturated carbocycles. The minimum absolute atomic E-state index is 0. The second kappa shape index (κ2) is 4.84. The maximum atomic E-state index is 10.9. The van der Waals surface area contributed by atoms with E-state index in [-0.39, 0.29) is 18.4 Å². The number of carbonyl (C=O) groups excluding carboxylic acids is 1. The van der Waals surface area contributed by atoms with Crippen LogP contribution >= 0.6 is 12.4 Å². The maximum Gasteiger partial charge on any atom is 0.356 e. The minimum Gasteiger partial charge on any atom is -0.464 e. The third kappa shape index (κ3) is 2.71. The molecule has 0 aliphatic carbocycles. The third-order valence-corrected chi connectivity index (χ3v) is 1.43. The first-order valence-electron chi connectivity index (χ1n) is 3.54. The first kappa shape index (κ1) is 11.9. The topological polar surface area (TPSA) is 81.0 Å². The van der Waals surface area contributed by atoms with Crippen LogP contribution < -0.4 is 5.73 Å². The van der Waals surface area contributed by atoms with E-state index < -0.39 is 5.97 Å². The van der Waals surface area contributed by atoms with Crippen molar-refractivity contribution in [1.29, 1.82) is 0 Å². The third-order valence-electron chi connectivity index (χ3n) is 1.43. The summed E-state index contributed by atoms with van der Waals surface area (Å²) in [7, 11) is 1.31. The summed E-state index contributed by atoms with van der Waals surface area (Å²) in [6, 6.07) is -0.205. The number of hydrogen-bond donors (Lipinski definition) is 2. The number of methoxy groups -OCH3 is 1. The number of hydrogen-bond acceptors (Lipinski definition) is 4. The van der Waals surface area contributed by atoms with E-state index >= 15 is 0 Å². The maximum absolute atomic E-state index is 10.9. The fourth-order valence-electron chi connectivity index (χ4n) is 0.782. The Morgan fingerprint density at radius 2 is 2.38 bits per heavy atom. The average Bonchev–Trinajstić information content (AvgIpc) is 2.51. The Morgan fingerprint density at radius 3 is 2.77 bits per heavy atom. The van der Waals surface area contributed by atoms with Crippen LogP contribution in [0.3, 0.4) is 0 Å². The molecule has 0 bridgehead atoms. The van der Waals surface area contributed by atoms with Crippen LogP contribution in [-0.4, -0.2) is 23.0 Å². The van der Waals surface area contributed by atoms with Crippen molar-refractivity contribution in [1.82, 2.24) is 9.97 Å². The molecule has 0 radical (unpaired) electrons. The highest BCUT2D eigenvalue weighted by Gasteiger charge is 2.10. The molecule has 0 aromatic carbocycles. The first-order chi connectivity index (χ1) is 5.65. The lowest BCUT2D eigenvalue weighted by molar-refractivity contribution is 0.0594. The summed E-state index contributed by atoms with van der Waals surface area (Å²) < 4.78 is 4.48. The Balaban J connectivity index is 0.00000144. The van der Waals surface area contributed by atoms with Gasteiger partial charge in [0.05, 0.1) is 19.3 Å². The van der Waals surface area contributed by atoms with Crippen LogP contribution in [0.1, 0.15) is 29.3 Å². The highest BCUT2D eigenvalue weighted by molar-refractivity contribution is 5.86. The molecule has 0 spiro atoms. The fourth-order valence-corrected chi connectivity index (χ4v) is 0.782. The van der Waals surface area contributed by atoms with E-state index in [4.69, 9.17) is 5.73 Å². The van der Waals surface area contributed by atoms with E-state index in [2.05, 4.69) is 14.7 Å². The molecule has 3 N–H and O–H groups in total. The highest BCUT2D eigenvalue weighted by Crippen LogP contribution is 2.05. The van der Waals surface area contributed by atoms with Gasteiger partial charge in [0, 0.05) is 0 Å². The van der Waals surface area contributed by atoms with Crippen LogP contribution in [0.5, 0.6) is 0 Å². The number of halogens is 1. The van der Waals surface area contributed by atoms with E-state index in [1.165, 1.54) is 13.3 Å². The van der Waals surface area contributed by atoms with E-state index in [9.17, 15) is 4.79 Å². The van der Waals surface area contributed by atoms with Gasteiger partial charge in [0.25, 0.3) is 0 Å². The van der Waals surface area contributed by atoms with Crippen LogP contribution in [0.2, 0.25) is 0 Å². The summed E-state index contributed by atoms with van der Waals surface area (Å²) in [5.74, 6) is 0.143. The lowest BCUT2D eigenvalue weighted by Crippen LogP contribution is -2.08. The molecule has 0 unspecified atom stereocenters. The molecule has 74 valence electrons. The molecular weight excluding hydrogens is 194 g/mol. The summed E-state index contributed by atoms with van der Waals surface area (Å²) in [5, 5.41) is 0. The molecule has 13 heavy (non-hydrogen) atoms. The summed E-state index contributed by atoms with van der Waals surface area (Å²) in [4.78, 5) is 17.6. The van der Waals surface area contributed by atoms with Gasteiger partial charge < -0.3 is 15.5 Å². The molecule has 0 fully saturated rings. The highest BCUT2D eigenvalue weighted by atomic mass is 35.5. The number of nitrogens with zero attached hydrogens (tertiary/aromatic N) is 1. The number of H-pyrrole nitrogens is 1. The quantitative estimate of drug-likeness (QED) is 0.695. The predicted molar refractivity (Wildman–Crippen MR) is 49.8 cm³/mol. The molecule has 1 atom stereocenters. The summed E-state index contributed by atoms with van der Waals surface area (Å²) in [5.41, 5.74) is 5.85. The number of aromatic amines is 1. The Bertz CT molecular complexity index is 285. The molecule has 1 rings (SSSR count). The van der Waals surface area contributed by atoms with Gasteiger partial charge in [-0.05, 0) is 6.92 Å². The Hall–Kier alpha value is -1.07. The zero-order chi connectivity index (χ0) is 9.14. The first-order valence-corrected chi connectivity index (χ1v) is 3.54. The second-order valence-electron chi connectivity index (χ2n) is 2.46. The monoisotopic (exact) mass is 205 g/mol. The van der Waals surface area contributed by atoms with Crippen molar-refractivity contribution in [3.63, 3.8) is 0 Å². The van der Waals surface area contributed by atoms with Crippen LogP contribution in [0, 0.1) is 0 Å². The average molecular weight is 206 g/mol. The van der Waals surface area contributed by atoms with E-state index in [0.717, 1.165) is 0 Å². The van der Waals surface area contributed by atoms with Crippen LogP contribution in [0.4, 0.5) is 0 Å². The number of ether oxygens (including phenoxy) is 1. The zero-order valence-electron chi connectivity index (χ0n) is 7.40. The number of rotatable bonds is 2. The van der Waals surface area contributed by atoms with Crippen molar-refractivity contribution < 1.29 is 9.53 Å². The molecule has 0 aliphatic rings. The Kier molecular flexibility index (Phi) is 4.44. The number of nitrogens with one attached hydrogen (secondary N) is 1. The van der Waals surface area contributed by atoms with Gasteiger partial charge in [0.2, 0.25) is 0 Å². The molecule has 0 saturated heterocycles. The lowest BCUT2D eigenvalue weighted by atomic mass is 10.3. The van der Waals surface area contributed by atoms with Gasteiger partial charge in [-0.25, -0.2) is 9.78 Å². The van der Waals surface area contributed by atoms with Crippen molar-refractivity contribution in [3.8, 4) is 0 Å². The minimum atomic E-state index is -0.436. The molecule has 0 aliphatic heterocycles. The van der Waals surface area contributed by atoms with E-state index in [1.54, 1.807) is 6.92 Å². The smallest absolute Gasteiger partial charge is 0.356 e. The van der Waals surface area contributed by atoms with Gasteiger partial charge >= 0.3 is 5.97 Å². The van der Waals surface area contributed by atoms with Crippen LogP contribution in [-0.2, 0) is 4.74 Å². The van der Waals surface area contributed by atoms with Gasteiger partial charge in [0.15, 0.2) is 0 Å². The van der Waals surface area contributed by atoms with Gasteiger partial charge in [-0.1, -0.05) is 0 Å². The van der Waals surface area contributed by atoms with Crippen LogP contribution in [0.15, 0.2) is 6.20 Å². The summed E-state index contributed by atoms with van der Waals surface area (Å²) in [6.45, 7) is 1.78. The standard InChI is InChI=1S/C7H11N3O2.ClH/c1-4(8)6-9-3-5(10-6)7(11)12-2;/h3-4H,8H2,1-2H3,(H,9,10);1H/t4-;/m0./s1. The molecular formula is C7H12ClN3O2. The normalized spacial score (nSPS) is 11.6. The van der Waals surface area contributed by atoms with Crippen molar-refractivity contribution in [3.05, 3.63) is 17.7 Å². The van der Waals surface area contributed by atoms with Crippen molar-refractivity contribution in [2.24, 2.45) is 5.73 Å². The van der Waals surface area contributed by atoms with Crippen molar-refractivity contribution in [2.75, 3.05) is 7.11 Å². The number of imidazole rings is 1. The molecule has 1 aromatic heterocycles. The molecule has 0 amide bonds. The van der Waals surface area contributed by atoms with E-state index in [0.29, 0.717) is 11.5 Å². The number of carbonyl (C=O) groups is 1. The van der Waals surface area contributed by atoms with Gasteiger partial charge in [-0.15, -0.1) is 12.4 Å². The SMILES string of the molecule is COC(=O)c1cnc([C@H](C)N)[nH]1.Cl. The van der Waals surface area contributed by atoms with Gasteiger partial charge in [-0.2, -0.15) is 0 Å². The summed E-state index contributed by atoms with van der Waals surface area (Å²) in [6.07, 6.45) is 1.41. The van der Waals surface area contributed by atoms with Crippen LogP contribution in [0.25, 0.3) is 0 Å². The van der Waals surface area contributed by atoms with Gasteiger partial charge in [-0.3, -0.25) is 0 Å². The van der Waals surface area contributed by atoms with E-state index in [1.807, 2.05) is 0 Å². The van der Waals surface area contributed by atoms with Crippen molar-refractivity contribution >= 4 is 18.4 Å². The number of esters is 1. The predicted octanol–water partition coefficient (Wildman–Crippen LogP) is 0.638. The molecule has 5 nitrogen and oxygen atoms in total. The number of nitrogens with two attached hydrogens (primary N) is 1. The van der Waals surface area contributed by atoms with Crippen molar-refractivity contribution in [2.45, 2.75) is 13.0 Å². The Morgan fingerprint density at radius 1 is 1.77 bits per heavy atom. The fraction of sp³-hybridized carbons (Fsp3) is 0.429. The molecule has 1 heterocycles. The second-order valence-corrected chi connectivity index (χ2v) is 2.46.